The van der Waals surface area contributed by atoms with E-state index in [1.807, 2.05) is 0 Å². The molecule has 0 aromatic carbocycles. The van der Waals surface area contributed by atoms with E-state index in [4.69, 9.17) is 9.84 Å². The van der Waals surface area contributed by atoms with E-state index in [0.29, 0.717) is 12.2 Å². The molecule has 1 fully saturated rings. The van der Waals surface area contributed by atoms with Gasteiger partial charge < -0.3 is 20.1 Å². The van der Waals surface area contributed by atoms with E-state index in [9.17, 15) is 15.0 Å². The molecule has 0 saturated carbocycles. The summed E-state index contributed by atoms with van der Waals surface area (Å²) >= 11 is 0. The average Bonchev–Trinajstić information content (AvgIpc) is 2.73. The minimum Gasteiger partial charge on any atom is -0.392 e. The molecule has 3 atom stereocenters. The van der Waals surface area contributed by atoms with Crippen molar-refractivity contribution in [1.82, 2.24) is 4.90 Å². The highest BCUT2D eigenvalue weighted by Gasteiger charge is 2.43. The van der Waals surface area contributed by atoms with Crippen LogP contribution in [0.15, 0.2) is 11.6 Å². The predicted molar refractivity (Wildman–Crippen MR) is 48.4 cm³/mol. The van der Waals surface area contributed by atoms with Crippen molar-refractivity contribution < 1.29 is 24.9 Å². The van der Waals surface area contributed by atoms with Gasteiger partial charge in [0, 0.05) is 12.0 Å². The van der Waals surface area contributed by atoms with E-state index in [1.165, 1.54) is 0 Å². The van der Waals surface area contributed by atoms with Crippen molar-refractivity contribution in [2.75, 3.05) is 13.2 Å². The van der Waals surface area contributed by atoms with Gasteiger partial charge in [0.1, 0.15) is 12.3 Å². The van der Waals surface area contributed by atoms with Crippen LogP contribution < -0.4 is 0 Å². The zero-order valence-electron chi connectivity index (χ0n) is 8.04. The van der Waals surface area contributed by atoms with Crippen molar-refractivity contribution in [3.05, 3.63) is 11.6 Å². The minimum absolute atomic E-state index is 0.0165. The van der Waals surface area contributed by atoms with E-state index in [0.717, 1.165) is 4.90 Å². The lowest BCUT2D eigenvalue weighted by molar-refractivity contribution is -0.152. The molecule has 0 aromatic rings. The van der Waals surface area contributed by atoms with Gasteiger partial charge in [-0.1, -0.05) is 6.08 Å². The SMILES string of the molecule is O=C1[C@H](O)C[C@@H](O)N1[C@@H]1OCC=C1CO. The maximum atomic E-state index is 11.5. The summed E-state index contributed by atoms with van der Waals surface area (Å²) in [5, 5.41) is 27.8. The summed E-state index contributed by atoms with van der Waals surface area (Å²) in [7, 11) is 0. The number of carbonyl (C=O) groups excluding carboxylic acids is 1. The maximum Gasteiger partial charge on any atom is 0.255 e. The number of likely N-dealkylation sites (tertiary alicyclic amines) is 1. The Balaban J connectivity index is 2.17. The van der Waals surface area contributed by atoms with Crippen LogP contribution in [0, 0.1) is 0 Å². The fraction of sp³-hybridized carbons (Fsp3) is 0.667. The van der Waals surface area contributed by atoms with E-state index in [1.54, 1.807) is 6.08 Å². The third-order valence-electron chi connectivity index (χ3n) is 2.65. The third-order valence-corrected chi connectivity index (χ3v) is 2.65. The van der Waals surface area contributed by atoms with Gasteiger partial charge in [-0.2, -0.15) is 0 Å². The van der Waals surface area contributed by atoms with Crippen LogP contribution in [0.4, 0.5) is 0 Å². The van der Waals surface area contributed by atoms with E-state index in [-0.39, 0.29) is 13.0 Å². The second-order valence-electron chi connectivity index (χ2n) is 3.60. The van der Waals surface area contributed by atoms with Crippen molar-refractivity contribution in [1.29, 1.82) is 0 Å². The normalized spacial score (nSPS) is 36.2. The van der Waals surface area contributed by atoms with Gasteiger partial charge in [-0.15, -0.1) is 0 Å². The van der Waals surface area contributed by atoms with Gasteiger partial charge in [0.05, 0.1) is 13.2 Å². The van der Waals surface area contributed by atoms with Crippen LogP contribution >= 0.6 is 0 Å². The zero-order chi connectivity index (χ0) is 11.0. The Bertz CT molecular complexity index is 303. The summed E-state index contributed by atoms with van der Waals surface area (Å²) in [5.41, 5.74) is 0.538. The van der Waals surface area contributed by atoms with Gasteiger partial charge in [0.25, 0.3) is 5.91 Å². The lowest BCUT2D eigenvalue weighted by atomic mass is 10.2. The first kappa shape index (κ1) is 10.6. The number of ether oxygens (including phenoxy) is 1. The highest BCUT2D eigenvalue weighted by Crippen LogP contribution is 2.27. The number of amides is 1. The predicted octanol–water partition coefficient (Wildman–Crippen LogP) is -1.83. The molecule has 84 valence electrons. The Labute approximate surface area is 86.4 Å². The minimum atomic E-state index is -1.18. The topological polar surface area (TPSA) is 90.2 Å². The third kappa shape index (κ3) is 1.65. The fourth-order valence-corrected chi connectivity index (χ4v) is 1.86. The Hall–Kier alpha value is -0.950. The Morgan fingerprint density at radius 2 is 2.27 bits per heavy atom. The highest BCUT2D eigenvalue weighted by molar-refractivity contribution is 5.83. The number of rotatable bonds is 2. The summed E-state index contributed by atoms with van der Waals surface area (Å²) in [6.45, 7) is 0.0738. The molecule has 0 aromatic heterocycles. The molecular weight excluding hydrogens is 202 g/mol. The van der Waals surface area contributed by atoms with Gasteiger partial charge in [-0.25, -0.2) is 0 Å². The van der Waals surface area contributed by atoms with Gasteiger partial charge in [-0.05, 0) is 0 Å². The van der Waals surface area contributed by atoms with Gasteiger partial charge in [0.2, 0.25) is 0 Å². The quantitative estimate of drug-likeness (QED) is 0.471. The number of hydrogen-bond acceptors (Lipinski definition) is 5. The summed E-state index contributed by atoms with van der Waals surface area (Å²) in [6, 6.07) is 0. The second kappa shape index (κ2) is 3.90. The van der Waals surface area contributed by atoms with Crippen LogP contribution in [-0.2, 0) is 9.53 Å². The molecule has 15 heavy (non-hydrogen) atoms. The van der Waals surface area contributed by atoms with Crippen molar-refractivity contribution in [2.45, 2.75) is 25.0 Å². The van der Waals surface area contributed by atoms with Crippen LogP contribution in [0.1, 0.15) is 6.42 Å². The maximum absolute atomic E-state index is 11.5. The van der Waals surface area contributed by atoms with E-state index < -0.39 is 24.5 Å². The molecule has 2 heterocycles. The van der Waals surface area contributed by atoms with Crippen LogP contribution in [0.3, 0.4) is 0 Å². The lowest BCUT2D eigenvalue weighted by Crippen LogP contribution is -2.44. The number of hydrogen-bond donors (Lipinski definition) is 3. The first-order valence-corrected chi connectivity index (χ1v) is 4.75. The highest BCUT2D eigenvalue weighted by atomic mass is 16.5. The molecule has 3 N–H and O–H groups in total. The number of aliphatic hydroxyl groups excluding tert-OH is 3. The largest absolute Gasteiger partial charge is 0.392 e. The standard InChI is InChI=1S/C9H13NO5/c11-4-5-1-2-15-9(5)10-7(13)3-6(12)8(10)14/h1,6-7,9,11-13H,2-4H2/t6-,7-,9-/m1/s1. The fourth-order valence-electron chi connectivity index (χ4n) is 1.86. The van der Waals surface area contributed by atoms with Gasteiger partial charge in [-0.3, -0.25) is 9.69 Å². The molecule has 0 radical (unpaired) electrons. The molecule has 0 aliphatic carbocycles. The summed E-state index contributed by atoms with van der Waals surface area (Å²) in [4.78, 5) is 12.6. The van der Waals surface area contributed by atoms with Crippen LogP contribution in [-0.4, -0.2) is 57.9 Å². The number of aliphatic hydroxyl groups is 3. The summed E-state index contributed by atoms with van der Waals surface area (Å²) in [5.74, 6) is -0.561. The van der Waals surface area contributed by atoms with Crippen molar-refractivity contribution in [3.8, 4) is 0 Å². The van der Waals surface area contributed by atoms with Crippen molar-refractivity contribution >= 4 is 5.91 Å². The molecule has 1 saturated heterocycles. The number of carbonyl (C=O) groups is 1. The first-order chi connectivity index (χ1) is 7.15. The van der Waals surface area contributed by atoms with Crippen LogP contribution in [0.25, 0.3) is 0 Å². The van der Waals surface area contributed by atoms with Gasteiger partial charge >= 0.3 is 0 Å². The lowest BCUT2D eigenvalue weighted by Gasteiger charge is -2.28. The molecular formula is C9H13NO5. The molecule has 6 nitrogen and oxygen atoms in total. The average molecular weight is 215 g/mol. The van der Waals surface area contributed by atoms with Crippen LogP contribution in [0.2, 0.25) is 0 Å². The van der Waals surface area contributed by atoms with Crippen LogP contribution in [0.5, 0.6) is 0 Å². The Morgan fingerprint density at radius 3 is 2.80 bits per heavy atom. The number of nitrogens with zero attached hydrogens (tertiary/aromatic N) is 1. The van der Waals surface area contributed by atoms with Crippen molar-refractivity contribution in [2.24, 2.45) is 0 Å². The van der Waals surface area contributed by atoms with Gasteiger partial charge in [0.15, 0.2) is 6.23 Å². The molecule has 0 bridgehead atoms. The monoisotopic (exact) mass is 215 g/mol. The summed E-state index contributed by atoms with van der Waals surface area (Å²) in [6.07, 6.45) is -1.32. The Kier molecular flexibility index (Phi) is 2.74. The molecule has 2 rings (SSSR count). The van der Waals surface area contributed by atoms with Crippen molar-refractivity contribution in [3.63, 3.8) is 0 Å². The molecule has 2 aliphatic rings. The first-order valence-electron chi connectivity index (χ1n) is 4.75. The zero-order valence-corrected chi connectivity index (χ0v) is 8.04. The Morgan fingerprint density at radius 1 is 1.53 bits per heavy atom. The molecule has 6 heteroatoms. The molecule has 1 amide bonds. The van der Waals surface area contributed by atoms with E-state index >= 15 is 0 Å². The summed E-state index contributed by atoms with van der Waals surface area (Å²) < 4.78 is 5.21. The smallest absolute Gasteiger partial charge is 0.255 e. The molecule has 0 spiro atoms. The van der Waals surface area contributed by atoms with E-state index in [2.05, 4.69) is 0 Å². The second-order valence-corrected chi connectivity index (χ2v) is 3.60. The molecule has 2 aliphatic heterocycles. The molecule has 0 unspecified atom stereocenters.